The lowest BCUT2D eigenvalue weighted by atomic mass is 10.0. The van der Waals surface area contributed by atoms with Crippen molar-refractivity contribution in [2.45, 2.75) is 31.5 Å². The number of carbonyl (C=O) groups excluding carboxylic acids is 1. The number of thiophene rings is 1. The first kappa shape index (κ1) is 17.0. The van der Waals surface area contributed by atoms with Gasteiger partial charge < -0.3 is 20.5 Å². The molecule has 5 nitrogen and oxygen atoms in total. The number of rotatable bonds is 5. The molecule has 1 aliphatic heterocycles. The Labute approximate surface area is 145 Å². The number of benzene rings is 1. The van der Waals surface area contributed by atoms with Crippen LogP contribution in [-0.2, 0) is 11.2 Å². The van der Waals surface area contributed by atoms with Gasteiger partial charge in [0.05, 0.1) is 31.4 Å². The third-order valence-electron chi connectivity index (χ3n) is 4.17. The minimum atomic E-state index is -0.646. The number of ether oxygens (including phenoxy) is 1. The summed E-state index contributed by atoms with van der Waals surface area (Å²) in [5.74, 6) is 0. The van der Waals surface area contributed by atoms with E-state index in [9.17, 15) is 9.90 Å². The number of hydrogen-bond donors (Lipinski definition) is 3. The molecule has 0 saturated carbocycles. The normalized spacial score (nSPS) is 21.4. The van der Waals surface area contributed by atoms with E-state index in [0.29, 0.717) is 6.61 Å². The Bertz CT molecular complexity index is 674. The van der Waals surface area contributed by atoms with Gasteiger partial charge >= 0.3 is 6.03 Å². The first-order valence-electron chi connectivity index (χ1n) is 8.04. The maximum absolute atomic E-state index is 12.4. The predicted molar refractivity (Wildman–Crippen MR) is 94.2 cm³/mol. The maximum atomic E-state index is 12.4. The molecule has 2 aromatic rings. The lowest BCUT2D eigenvalue weighted by Gasteiger charge is -2.21. The summed E-state index contributed by atoms with van der Waals surface area (Å²) < 4.78 is 5.17. The highest BCUT2D eigenvalue weighted by atomic mass is 32.1. The second-order valence-electron chi connectivity index (χ2n) is 6.04. The Morgan fingerprint density at radius 2 is 2.12 bits per heavy atom. The lowest BCUT2D eigenvalue weighted by molar-refractivity contribution is 0.122. The van der Waals surface area contributed by atoms with Gasteiger partial charge in [0.2, 0.25) is 0 Å². The average Bonchev–Trinajstić information content (AvgIpc) is 3.16. The van der Waals surface area contributed by atoms with Crippen molar-refractivity contribution in [3.05, 3.63) is 57.8 Å². The molecule has 0 radical (unpaired) electrons. The number of nitrogens with one attached hydrogen (secondary N) is 2. The number of hydrogen-bond acceptors (Lipinski definition) is 4. The van der Waals surface area contributed by atoms with Crippen LogP contribution < -0.4 is 10.6 Å². The molecule has 1 fully saturated rings. The number of aliphatic hydroxyl groups is 1. The molecular formula is C18H22N2O3S. The van der Waals surface area contributed by atoms with Crippen LogP contribution in [0, 0.1) is 6.92 Å². The molecule has 3 atom stereocenters. The first-order chi connectivity index (χ1) is 11.6. The zero-order valence-corrected chi connectivity index (χ0v) is 14.4. The second kappa shape index (κ2) is 7.79. The van der Waals surface area contributed by atoms with Gasteiger partial charge in [-0.25, -0.2) is 4.79 Å². The lowest BCUT2D eigenvalue weighted by Crippen LogP contribution is -2.48. The van der Waals surface area contributed by atoms with Crippen LogP contribution in [0.25, 0.3) is 0 Å². The summed E-state index contributed by atoms with van der Waals surface area (Å²) in [5, 5.41) is 17.7. The fourth-order valence-electron chi connectivity index (χ4n) is 2.85. The van der Waals surface area contributed by atoms with E-state index in [1.165, 1.54) is 11.1 Å². The monoisotopic (exact) mass is 346 g/mol. The van der Waals surface area contributed by atoms with Crippen molar-refractivity contribution in [1.29, 1.82) is 0 Å². The van der Waals surface area contributed by atoms with Gasteiger partial charge in [0.25, 0.3) is 0 Å². The van der Waals surface area contributed by atoms with Crippen LogP contribution in [0.3, 0.4) is 0 Å². The highest BCUT2D eigenvalue weighted by molar-refractivity contribution is 7.10. The quantitative estimate of drug-likeness (QED) is 0.778. The van der Waals surface area contributed by atoms with Gasteiger partial charge in [0, 0.05) is 4.88 Å². The number of aryl methyl sites for hydroxylation is 1. The van der Waals surface area contributed by atoms with Gasteiger partial charge in [-0.2, -0.15) is 0 Å². The fourth-order valence-corrected chi connectivity index (χ4v) is 3.83. The second-order valence-corrected chi connectivity index (χ2v) is 6.99. The molecule has 2 heterocycles. The van der Waals surface area contributed by atoms with Gasteiger partial charge in [-0.15, -0.1) is 11.3 Å². The van der Waals surface area contributed by atoms with Crippen molar-refractivity contribution >= 4 is 17.4 Å². The maximum Gasteiger partial charge on any atom is 0.315 e. The summed E-state index contributed by atoms with van der Waals surface area (Å²) >= 11 is 1.65. The van der Waals surface area contributed by atoms with Crippen LogP contribution in [0.4, 0.5) is 4.79 Å². The average molecular weight is 346 g/mol. The smallest absolute Gasteiger partial charge is 0.315 e. The van der Waals surface area contributed by atoms with E-state index >= 15 is 0 Å². The molecule has 0 bridgehead atoms. The molecule has 1 saturated heterocycles. The first-order valence-corrected chi connectivity index (χ1v) is 8.92. The summed E-state index contributed by atoms with van der Waals surface area (Å²) in [7, 11) is 0. The summed E-state index contributed by atoms with van der Waals surface area (Å²) in [6.07, 6.45) is 0.0751. The van der Waals surface area contributed by atoms with Gasteiger partial charge in [-0.3, -0.25) is 0 Å². The number of carbonyl (C=O) groups is 1. The summed E-state index contributed by atoms with van der Waals surface area (Å²) in [4.78, 5) is 13.5. The van der Waals surface area contributed by atoms with E-state index in [0.717, 1.165) is 11.3 Å². The molecule has 2 amide bonds. The van der Waals surface area contributed by atoms with E-state index < -0.39 is 6.10 Å². The summed E-state index contributed by atoms with van der Waals surface area (Å²) in [6.45, 7) is 2.66. The molecule has 0 aliphatic carbocycles. The van der Waals surface area contributed by atoms with Crippen LogP contribution in [-0.4, -0.2) is 36.5 Å². The molecule has 128 valence electrons. The highest BCUT2D eigenvalue weighted by Crippen LogP contribution is 2.27. The van der Waals surface area contributed by atoms with E-state index in [-0.39, 0.29) is 24.7 Å². The minimum Gasteiger partial charge on any atom is -0.388 e. The largest absolute Gasteiger partial charge is 0.388 e. The molecular weight excluding hydrogens is 324 g/mol. The van der Waals surface area contributed by atoms with Gasteiger partial charge in [-0.05, 0) is 35.9 Å². The van der Waals surface area contributed by atoms with Crippen molar-refractivity contribution in [1.82, 2.24) is 10.6 Å². The molecule has 24 heavy (non-hydrogen) atoms. The number of urea groups is 1. The Balaban J connectivity index is 1.70. The Kier molecular flexibility index (Phi) is 5.50. The standard InChI is InChI=1S/C18H22N2O3S/c1-12-7-8-24-17(12)14(9-13-5-3-2-4-6-13)19-18(22)20-15-10-23-11-16(15)21/h2-8,14-16,21H,9-11H2,1H3,(H2,19,20,22)/t14-,15-,16-/m0/s1. The van der Waals surface area contributed by atoms with E-state index in [1.807, 2.05) is 23.6 Å². The molecule has 0 unspecified atom stereocenters. The van der Waals surface area contributed by atoms with Gasteiger partial charge in [0.1, 0.15) is 0 Å². The molecule has 3 N–H and O–H groups in total. The zero-order valence-electron chi connectivity index (χ0n) is 13.6. The molecule has 1 aliphatic rings. The van der Waals surface area contributed by atoms with Crippen LogP contribution in [0.2, 0.25) is 0 Å². The number of aliphatic hydroxyl groups excluding tert-OH is 1. The van der Waals surface area contributed by atoms with E-state index in [2.05, 4.69) is 35.8 Å². The fraction of sp³-hybridized carbons (Fsp3) is 0.389. The van der Waals surface area contributed by atoms with Crippen molar-refractivity contribution in [2.24, 2.45) is 0 Å². The zero-order chi connectivity index (χ0) is 16.9. The van der Waals surface area contributed by atoms with Gasteiger partial charge in [0.15, 0.2) is 0 Å². The van der Waals surface area contributed by atoms with Crippen molar-refractivity contribution in [3.63, 3.8) is 0 Å². The molecule has 1 aromatic carbocycles. The Morgan fingerprint density at radius 1 is 1.33 bits per heavy atom. The third kappa shape index (κ3) is 4.14. The molecule has 6 heteroatoms. The molecule has 1 aromatic heterocycles. The summed E-state index contributed by atoms with van der Waals surface area (Å²) in [6, 6.07) is 11.4. The molecule has 0 spiro atoms. The van der Waals surface area contributed by atoms with Crippen molar-refractivity contribution < 1.29 is 14.6 Å². The van der Waals surface area contributed by atoms with Crippen LogP contribution >= 0.6 is 11.3 Å². The van der Waals surface area contributed by atoms with Crippen molar-refractivity contribution in [3.8, 4) is 0 Å². The van der Waals surface area contributed by atoms with Crippen LogP contribution in [0.5, 0.6) is 0 Å². The Morgan fingerprint density at radius 3 is 2.75 bits per heavy atom. The SMILES string of the molecule is Cc1ccsc1[C@H](Cc1ccccc1)NC(=O)N[C@H]1COC[C@@H]1O. The van der Waals surface area contributed by atoms with Crippen LogP contribution in [0.1, 0.15) is 22.0 Å². The highest BCUT2D eigenvalue weighted by Gasteiger charge is 2.28. The van der Waals surface area contributed by atoms with Crippen molar-refractivity contribution in [2.75, 3.05) is 13.2 Å². The summed E-state index contributed by atoms with van der Waals surface area (Å²) in [5.41, 5.74) is 2.34. The predicted octanol–water partition coefficient (Wildman–Crippen LogP) is 2.40. The molecule has 3 rings (SSSR count). The van der Waals surface area contributed by atoms with Crippen LogP contribution in [0.15, 0.2) is 41.8 Å². The Hall–Kier alpha value is -1.89. The van der Waals surface area contributed by atoms with E-state index in [4.69, 9.17) is 4.74 Å². The third-order valence-corrected chi connectivity index (χ3v) is 5.31. The van der Waals surface area contributed by atoms with E-state index in [1.54, 1.807) is 11.3 Å². The topological polar surface area (TPSA) is 70.6 Å². The van der Waals surface area contributed by atoms with Gasteiger partial charge in [-0.1, -0.05) is 30.3 Å². The minimum absolute atomic E-state index is 0.105. The number of amides is 2.